The Hall–Kier alpha value is -1.63. The van der Waals surface area contributed by atoms with E-state index in [9.17, 15) is 18.0 Å². The highest BCUT2D eigenvalue weighted by Crippen LogP contribution is 2.52. The van der Waals surface area contributed by atoms with Gasteiger partial charge in [-0.2, -0.15) is 13.2 Å². The highest BCUT2D eigenvalue weighted by Gasteiger charge is 2.46. The third-order valence-corrected chi connectivity index (χ3v) is 5.00. The first-order chi connectivity index (χ1) is 11.7. The molecule has 0 unspecified atom stereocenters. The quantitative estimate of drug-likeness (QED) is 0.456. The van der Waals surface area contributed by atoms with Crippen LogP contribution in [0.1, 0.15) is 52.7 Å². The molecule has 0 bridgehead atoms. The lowest BCUT2D eigenvalue weighted by atomic mass is 9.80. The van der Waals surface area contributed by atoms with Crippen LogP contribution in [0.4, 0.5) is 13.2 Å². The molecule has 0 aromatic heterocycles. The number of fused-ring (bicyclic) bond motifs is 1. The van der Waals surface area contributed by atoms with Crippen molar-refractivity contribution >= 4 is 17.7 Å². The molecule has 1 aliphatic heterocycles. The lowest BCUT2D eigenvalue weighted by molar-refractivity contribution is -0.148. The summed E-state index contributed by atoms with van der Waals surface area (Å²) in [5.41, 5.74) is -0.153. The van der Waals surface area contributed by atoms with Gasteiger partial charge in [0.15, 0.2) is 10.7 Å². The summed E-state index contributed by atoms with van der Waals surface area (Å²) >= 11 is 0.812. The SMILES string of the molecule is COC(=O)C(=C1Oc2c(cc(C(C)(C)C)cc2C(C)(C)C)S1)C(F)(F)F. The van der Waals surface area contributed by atoms with E-state index < -0.39 is 22.8 Å². The van der Waals surface area contributed by atoms with Crippen LogP contribution in [0.15, 0.2) is 27.7 Å². The predicted molar refractivity (Wildman–Crippen MR) is 95.4 cm³/mol. The molecule has 1 aliphatic rings. The maximum Gasteiger partial charge on any atom is 0.427 e. The van der Waals surface area contributed by atoms with E-state index in [2.05, 4.69) is 4.74 Å². The van der Waals surface area contributed by atoms with E-state index in [1.54, 1.807) is 0 Å². The number of thioether (sulfide) groups is 1. The molecular weight excluding hydrogens is 365 g/mol. The Morgan fingerprint density at radius 2 is 1.62 bits per heavy atom. The third-order valence-electron chi connectivity index (χ3n) is 4.00. The van der Waals surface area contributed by atoms with Crippen LogP contribution in [-0.4, -0.2) is 19.3 Å². The minimum atomic E-state index is -4.87. The lowest BCUT2D eigenvalue weighted by Gasteiger charge is -2.26. The Kier molecular flexibility index (Phi) is 5.18. The van der Waals surface area contributed by atoms with Crippen LogP contribution < -0.4 is 4.74 Å². The molecule has 0 N–H and O–H groups in total. The van der Waals surface area contributed by atoms with Gasteiger partial charge in [0.2, 0.25) is 0 Å². The third kappa shape index (κ3) is 4.03. The number of carbonyl (C=O) groups excluding carboxylic acids is 1. The monoisotopic (exact) mass is 388 g/mol. The van der Waals surface area contributed by atoms with Crippen LogP contribution in [0.3, 0.4) is 0 Å². The summed E-state index contributed by atoms with van der Waals surface area (Å²) < 4.78 is 50.0. The second-order valence-electron chi connectivity index (χ2n) is 8.21. The Morgan fingerprint density at radius 3 is 2.04 bits per heavy atom. The first-order valence-electron chi connectivity index (χ1n) is 8.10. The van der Waals surface area contributed by atoms with Crippen molar-refractivity contribution in [2.24, 2.45) is 0 Å². The van der Waals surface area contributed by atoms with Crippen molar-refractivity contribution in [1.29, 1.82) is 0 Å². The Labute approximate surface area is 155 Å². The minimum Gasteiger partial charge on any atom is -0.465 e. The second kappa shape index (κ2) is 6.51. The number of rotatable bonds is 1. The minimum absolute atomic E-state index is 0.183. The molecule has 0 aliphatic carbocycles. The fourth-order valence-electron chi connectivity index (χ4n) is 2.51. The van der Waals surface area contributed by atoms with Crippen LogP contribution in [0, 0.1) is 0 Å². The molecular formula is C19H23F3O3S. The van der Waals surface area contributed by atoms with E-state index in [0.29, 0.717) is 10.6 Å². The van der Waals surface area contributed by atoms with Gasteiger partial charge in [-0.05, 0) is 34.2 Å². The van der Waals surface area contributed by atoms with Gasteiger partial charge in [-0.1, -0.05) is 47.6 Å². The van der Waals surface area contributed by atoms with Crippen LogP contribution in [0.2, 0.25) is 0 Å². The van der Waals surface area contributed by atoms with Crippen molar-refractivity contribution in [1.82, 2.24) is 0 Å². The topological polar surface area (TPSA) is 35.5 Å². The Morgan fingerprint density at radius 1 is 1.04 bits per heavy atom. The maximum atomic E-state index is 13.4. The van der Waals surface area contributed by atoms with Crippen LogP contribution in [0.5, 0.6) is 5.75 Å². The molecule has 3 nitrogen and oxygen atoms in total. The highest BCUT2D eigenvalue weighted by molar-refractivity contribution is 8.03. The Balaban J connectivity index is 2.70. The number of halogens is 3. The number of benzene rings is 1. The van der Waals surface area contributed by atoms with E-state index in [1.807, 2.05) is 53.7 Å². The van der Waals surface area contributed by atoms with E-state index in [0.717, 1.165) is 30.0 Å². The van der Waals surface area contributed by atoms with Gasteiger partial charge in [0.05, 0.1) is 12.0 Å². The van der Waals surface area contributed by atoms with Gasteiger partial charge in [-0.15, -0.1) is 0 Å². The molecule has 0 amide bonds. The van der Waals surface area contributed by atoms with Gasteiger partial charge < -0.3 is 9.47 Å². The smallest absolute Gasteiger partial charge is 0.427 e. The number of ether oxygens (including phenoxy) is 2. The molecule has 0 radical (unpaired) electrons. The van der Waals surface area contributed by atoms with E-state index in [4.69, 9.17) is 4.74 Å². The average molecular weight is 388 g/mol. The number of alkyl halides is 3. The summed E-state index contributed by atoms with van der Waals surface area (Å²) in [6.07, 6.45) is -4.87. The molecule has 1 heterocycles. The van der Waals surface area contributed by atoms with Crippen LogP contribution in [-0.2, 0) is 20.4 Å². The van der Waals surface area contributed by atoms with Gasteiger partial charge >= 0.3 is 12.1 Å². The molecule has 26 heavy (non-hydrogen) atoms. The fourth-order valence-corrected chi connectivity index (χ4v) is 3.56. The van der Waals surface area contributed by atoms with Crippen molar-refractivity contribution in [3.63, 3.8) is 0 Å². The van der Waals surface area contributed by atoms with Crippen LogP contribution >= 0.6 is 11.8 Å². The molecule has 0 atom stereocenters. The molecule has 2 rings (SSSR count). The number of methoxy groups -OCH3 is 1. The summed E-state index contributed by atoms with van der Waals surface area (Å²) in [4.78, 5) is 12.3. The van der Waals surface area contributed by atoms with Gasteiger partial charge in [-0.25, -0.2) is 4.79 Å². The van der Waals surface area contributed by atoms with E-state index in [-0.39, 0.29) is 10.8 Å². The van der Waals surface area contributed by atoms with Crippen molar-refractivity contribution in [2.45, 2.75) is 63.4 Å². The molecule has 0 spiro atoms. The van der Waals surface area contributed by atoms with Crippen molar-refractivity contribution in [2.75, 3.05) is 7.11 Å². The van der Waals surface area contributed by atoms with Gasteiger partial charge in [0, 0.05) is 5.56 Å². The normalized spacial score (nSPS) is 16.8. The highest BCUT2D eigenvalue weighted by atomic mass is 32.2. The number of hydrogen-bond acceptors (Lipinski definition) is 4. The maximum absolute atomic E-state index is 13.4. The summed E-state index contributed by atoms with van der Waals surface area (Å²) in [5.74, 6) is -1.09. The average Bonchev–Trinajstić information content (AvgIpc) is 2.85. The summed E-state index contributed by atoms with van der Waals surface area (Å²) in [5, 5.41) is -0.490. The predicted octanol–water partition coefficient (Wildman–Crippen LogP) is 5.71. The molecule has 7 heteroatoms. The van der Waals surface area contributed by atoms with Crippen molar-refractivity contribution in [3.05, 3.63) is 33.9 Å². The molecule has 0 fully saturated rings. The number of carbonyl (C=O) groups is 1. The zero-order valence-corrected chi connectivity index (χ0v) is 16.7. The summed E-state index contributed by atoms with van der Waals surface area (Å²) in [7, 11) is 0.916. The van der Waals surface area contributed by atoms with Crippen molar-refractivity contribution < 1.29 is 27.4 Å². The number of hydrogen-bond donors (Lipinski definition) is 0. The summed E-state index contributed by atoms with van der Waals surface area (Å²) in [6, 6.07) is 3.79. The van der Waals surface area contributed by atoms with E-state index in [1.165, 1.54) is 0 Å². The molecule has 0 saturated heterocycles. The van der Waals surface area contributed by atoms with Crippen LogP contribution in [0.25, 0.3) is 0 Å². The summed E-state index contributed by atoms with van der Waals surface area (Å²) in [6.45, 7) is 12.0. The molecule has 144 valence electrons. The van der Waals surface area contributed by atoms with Gasteiger partial charge in [-0.3, -0.25) is 0 Å². The van der Waals surface area contributed by atoms with Gasteiger partial charge in [0.1, 0.15) is 5.75 Å². The number of esters is 1. The lowest BCUT2D eigenvalue weighted by Crippen LogP contribution is -2.23. The first-order valence-corrected chi connectivity index (χ1v) is 8.92. The second-order valence-corrected chi connectivity index (χ2v) is 9.22. The fraction of sp³-hybridized carbons (Fsp3) is 0.526. The van der Waals surface area contributed by atoms with Gasteiger partial charge in [0.25, 0.3) is 0 Å². The largest absolute Gasteiger partial charge is 0.465 e. The standard InChI is InChI=1S/C19H23F3O3S/c1-17(2,3)10-8-11(18(4,5)6)14-12(9-10)26-16(25-14)13(15(23)24-7)19(20,21)22/h8-9H,1-7H3. The zero-order valence-electron chi connectivity index (χ0n) is 15.9. The first kappa shape index (κ1) is 20.7. The molecule has 1 aromatic rings. The zero-order chi connectivity index (χ0) is 20.1. The van der Waals surface area contributed by atoms with E-state index >= 15 is 0 Å². The molecule has 1 aromatic carbocycles. The Bertz CT molecular complexity index is 766. The molecule has 0 saturated carbocycles. The van der Waals surface area contributed by atoms with Crippen molar-refractivity contribution in [3.8, 4) is 5.75 Å².